The molecule has 0 aliphatic rings. The zero-order valence-electron chi connectivity index (χ0n) is 12.2. The first-order valence-corrected chi connectivity index (χ1v) is 8.73. The summed E-state index contributed by atoms with van der Waals surface area (Å²) >= 11 is 13.7. The van der Waals surface area contributed by atoms with Crippen molar-refractivity contribution in [2.45, 2.75) is 6.92 Å². The number of imidazole rings is 1. The number of rotatable bonds is 3. The molecule has 0 unspecified atom stereocenters. The minimum absolute atomic E-state index is 0.534. The van der Waals surface area contributed by atoms with Crippen LogP contribution in [0.4, 0.5) is 0 Å². The number of ether oxygens (including phenoxy) is 1. The van der Waals surface area contributed by atoms with Crippen LogP contribution in [-0.4, -0.2) is 16.0 Å². The summed E-state index contributed by atoms with van der Waals surface area (Å²) in [7, 11) is 0. The molecule has 0 atom stereocenters. The normalized spacial score (nSPS) is 11.4. The second-order valence-corrected chi connectivity index (χ2v) is 6.90. The Morgan fingerprint density at radius 2 is 2.00 bits per heavy atom. The van der Waals surface area contributed by atoms with Crippen LogP contribution in [-0.2, 0) is 0 Å². The third kappa shape index (κ3) is 2.57. The summed E-state index contributed by atoms with van der Waals surface area (Å²) in [5, 5.41) is 1.08. The predicted octanol–water partition coefficient (Wildman–Crippen LogP) is 5.92. The topological polar surface area (TPSA) is 26.5 Å². The van der Waals surface area contributed by atoms with Crippen molar-refractivity contribution in [2.75, 3.05) is 6.61 Å². The largest absolute Gasteiger partial charge is 0.494 e. The van der Waals surface area contributed by atoms with Gasteiger partial charge in [-0.15, -0.1) is 0 Å². The number of benzene rings is 2. The number of nitrogens with zero attached hydrogens (tertiary/aromatic N) is 2. The molecule has 0 fully saturated rings. The highest BCUT2D eigenvalue weighted by atomic mass is 35.5. The fourth-order valence-corrected chi connectivity index (χ4v) is 3.87. The van der Waals surface area contributed by atoms with Crippen LogP contribution in [0.2, 0.25) is 10.0 Å². The van der Waals surface area contributed by atoms with Gasteiger partial charge in [0, 0.05) is 11.8 Å². The van der Waals surface area contributed by atoms with Crippen molar-refractivity contribution >= 4 is 49.7 Å². The molecule has 0 bridgehead atoms. The van der Waals surface area contributed by atoms with Gasteiger partial charge in [-0.2, -0.15) is 0 Å². The Morgan fingerprint density at radius 3 is 2.78 bits per heavy atom. The first-order valence-electron chi connectivity index (χ1n) is 7.15. The molecule has 2 aromatic carbocycles. The van der Waals surface area contributed by atoms with Gasteiger partial charge in [0.1, 0.15) is 5.75 Å². The molecule has 0 N–H and O–H groups in total. The third-order valence-corrected chi connectivity index (χ3v) is 5.35. The predicted molar refractivity (Wildman–Crippen MR) is 97.2 cm³/mol. The van der Waals surface area contributed by atoms with Gasteiger partial charge in [0.2, 0.25) is 0 Å². The van der Waals surface area contributed by atoms with Crippen LogP contribution >= 0.6 is 34.5 Å². The Bertz CT molecular complexity index is 1020. The van der Waals surface area contributed by atoms with Gasteiger partial charge in [-0.05, 0) is 37.3 Å². The van der Waals surface area contributed by atoms with E-state index in [1.807, 2.05) is 31.3 Å². The molecule has 6 heteroatoms. The summed E-state index contributed by atoms with van der Waals surface area (Å²) in [5.74, 6) is 0.884. The first kappa shape index (κ1) is 14.8. The third-order valence-electron chi connectivity index (χ3n) is 3.59. The van der Waals surface area contributed by atoms with Gasteiger partial charge in [-0.1, -0.05) is 40.6 Å². The molecule has 2 aromatic heterocycles. The molecule has 0 spiro atoms. The highest BCUT2D eigenvalue weighted by Crippen LogP contribution is 2.33. The second-order valence-electron chi connectivity index (χ2n) is 5.07. The van der Waals surface area contributed by atoms with E-state index in [9.17, 15) is 0 Å². The highest BCUT2D eigenvalue weighted by Gasteiger charge is 2.12. The Balaban J connectivity index is 1.83. The average molecular weight is 363 g/mol. The van der Waals surface area contributed by atoms with E-state index in [2.05, 4.69) is 16.5 Å². The van der Waals surface area contributed by atoms with Crippen molar-refractivity contribution in [2.24, 2.45) is 0 Å². The summed E-state index contributed by atoms with van der Waals surface area (Å²) in [4.78, 5) is 5.65. The van der Waals surface area contributed by atoms with Crippen LogP contribution in [0.15, 0.2) is 42.6 Å². The minimum atomic E-state index is 0.534. The molecule has 23 heavy (non-hydrogen) atoms. The van der Waals surface area contributed by atoms with E-state index in [0.717, 1.165) is 32.2 Å². The van der Waals surface area contributed by atoms with Gasteiger partial charge in [0.25, 0.3) is 0 Å². The van der Waals surface area contributed by atoms with Crippen molar-refractivity contribution in [1.29, 1.82) is 0 Å². The number of thiazole rings is 1. The van der Waals surface area contributed by atoms with Crippen molar-refractivity contribution < 1.29 is 4.74 Å². The quantitative estimate of drug-likeness (QED) is 0.452. The standard InChI is InChI=1S/C17H12Cl2N2OS/c1-2-22-11-4-6-15-16(8-11)23-17-20-14(9-21(15)17)10-3-5-12(18)13(19)7-10/h3-9H,2H2,1H3. The van der Waals surface area contributed by atoms with E-state index in [1.54, 1.807) is 17.4 Å². The van der Waals surface area contributed by atoms with Gasteiger partial charge in [-0.25, -0.2) is 4.98 Å². The van der Waals surface area contributed by atoms with Crippen LogP contribution in [0.5, 0.6) is 5.75 Å². The zero-order valence-corrected chi connectivity index (χ0v) is 14.5. The van der Waals surface area contributed by atoms with Crippen LogP contribution in [0.3, 0.4) is 0 Å². The summed E-state index contributed by atoms with van der Waals surface area (Å²) in [6.45, 7) is 2.64. The lowest BCUT2D eigenvalue weighted by Crippen LogP contribution is -1.90. The molecular weight excluding hydrogens is 351 g/mol. The Labute approximate surface area is 147 Å². The molecule has 0 radical (unpaired) electrons. The lowest BCUT2D eigenvalue weighted by molar-refractivity contribution is 0.341. The molecular formula is C17H12Cl2N2OS. The molecule has 4 aromatic rings. The second kappa shape index (κ2) is 5.71. The van der Waals surface area contributed by atoms with Gasteiger partial charge < -0.3 is 4.74 Å². The first-order chi connectivity index (χ1) is 11.2. The number of hydrogen-bond acceptors (Lipinski definition) is 3. The summed E-state index contributed by atoms with van der Waals surface area (Å²) in [6.07, 6.45) is 2.02. The Kier molecular flexibility index (Phi) is 3.68. The number of aromatic nitrogens is 2. The Morgan fingerprint density at radius 1 is 1.13 bits per heavy atom. The fourth-order valence-electron chi connectivity index (χ4n) is 2.53. The molecule has 0 aliphatic carbocycles. The van der Waals surface area contributed by atoms with Crippen molar-refractivity contribution in [3.05, 3.63) is 52.6 Å². The van der Waals surface area contributed by atoms with Crippen LogP contribution in [0.1, 0.15) is 6.92 Å². The maximum Gasteiger partial charge on any atom is 0.195 e. The molecule has 0 aliphatic heterocycles. The summed E-state index contributed by atoms with van der Waals surface area (Å²) in [5.41, 5.74) is 2.95. The van der Waals surface area contributed by atoms with E-state index >= 15 is 0 Å². The van der Waals surface area contributed by atoms with E-state index in [1.165, 1.54) is 0 Å². The van der Waals surface area contributed by atoms with Gasteiger partial charge in [-0.3, -0.25) is 4.40 Å². The lowest BCUT2D eigenvalue weighted by Gasteiger charge is -2.02. The van der Waals surface area contributed by atoms with Crippen molar-refractivity contribution in [3.63, 3.8) is 0 Å². The maximum atomic E-state index is 6.10. The summed E-state index contributed by atoms with van der Waals surface area (Å²) < 4.78 is 8.80. The van der Waals surface area contributed by atoms with Crippen LogP contribution in [0, 0.1) is 0 Å². The maximum absolute atomic E-state index is 6.10. The van der Waals surface area contributed by atoms with Gasteiger partial charge in [0.05, 0.1) is 32.6 Å². The fraction of sp³-hybridized carbons (Fsp3) is 0.118. The number of halogens is 2. The smallest absolute Gasteiger partial charge is 0.195 e. The summed E-state index contributed by atoms with van der Waals surface area (Å²) in [6, 6.07) is 11.7. The van der Waals surface area contributed by atoms with Crippen molar-refractivity contribution in [3.8, 4) is 17.0 Å². The minimum Gasteiger partial charge on any atom is -0.494 e. The van der Waals surface area contributed by atoms with Gasteiger partial charge >= 0.3 is 0 Å². The van der Waals surface area contributed by atoms with Crippen molar-refractivity contribution in [1.82, 2.24) is 9.38 Å². The molecule has 0 saturated heterocycles. The number of fused-ring (bicyclic) bond motifs is 3. The molecule has 4 rings (SSSR count). The highest BCUT2D eigenvalue weighted by molar-refractivity contribution is 7.23. The Hall–Kier alpha value is -1.75. The zero-order chi connectivity index (χ0) is 16.0. The molecule has 0 amide bonds. The van der Waals surface area contributed by atoms with E-state index < -0.39 is 0 Å². The van der Waals surface area contributed by atoms with E-state index in [0.29, 0.717) is 16.7 Å². The molecule has 2 heterocycles. The molecule has 116 valence electrons. The van der Waals surface area contributed by atoms with Gasteiger partial charge in [0.15, 0.2) is 4.96 Å². The molecule has 0 saturated carbocycles. The van der Waals surface area contributed by atoms with Crippen LogP contribution in [0.25, 0.3) is 26.4 Å². The number of hydrogen-bond donors (Lipinski definition) is 0. The van der Waals surface area contributed by atoms with Crippen LogP contribution < -0.4 is 4.74 Å². The molecule has 3 nitrogen and oxygen atoms in total. The average Bonchev–Trinajstić information content (AvgIpc) is 3.07. The van der Waals surface area contributed by atoms with E-state index in [-0.39, 0.29) is 0 Å². The monoisotopic (exact) mass is 362 g/mol. The SMILES string of the molecule is CCOc1ccc2c(c1)sc1nc(-c3ccc(Cl)c(Cl)c3)cn12. The van der Waals surface area contributed by atoms with E-state index in [4.69, 9.17) is 32.9 Å². The lowest BCUT2D eigenvalue weighted by atomic mass is 10.2.